The highest BCUT2D eigenvalue weighted by atomic mass is 32.1. The van der Waals surface area contributed by atoms with Crippen LogP contribution in [0.3, 0.4) is 0 Å². The summed E-state index contributed by atoms with van der Waals surface area (Å²) in [6.45, 7) is 4.19. The van der Waals surface area contributed by atoms with E-state index in [0.29, 0.717) is 5.13 Å². The Morgan fingerprint density at radius 1 is 1.19 bits per heavy atom. The zero-order valence-electron chi connectivity index (χ0n) is 15.3. The van der Waals surface area contributed by atoms with E-state index in [4.69, 9.17) is 0 Å². The quantitative estimate of drug-likeness (QED) is 0.388. The molecule has 0 atom stereocenters. The number of anilines is 1. The van der Waals surface area contributed by atoms with Crippen molar-refractivity contribution in [1.29, 1.82) is 5.26 Å². The minimum Gasteiger partial charge on any atom is -0.296 e. The van der Waals surface area contributed by atoms with Gasteiger partial charge in [-0.25, -0.2) is 0 Å². The summed E-state index contributed by atoms with van der Waals surface area (Å²) < 4.78 is 0. The van der Waals surface area contributed by atoms with Crippen LogP contribution in [0.1, 0.15) is 55.2 Å². The van der Waals surface area contributed by atoms with Gasteiger partial charge in [0.15, 0.2) is 0 Å². The van der Waals surface area contributed by atoms with E-state index in [1.54, 1.807) is 6.08 Å². The average Bonchev–Trinajstić information content (AvgIpc) is 3.08. The molecule has 1 N–H and O–H groups in total. The van der Waals surface area contributed by atoms with Crippen molar-refractivity contribution in [1.82, 2.24) is 10.2 Å². The zero-order valence-corrected chi connectivity index (χ0v) is 16.1. The molecular formula is C20H24N4OS. The highest BCUT2D eigenvalue weighted by molar-refractivity contribution is 7.15. The number of carbonyl (C=O) groups is 1. The van der Waals surface area contributed by atoms with Crippen molar-refractivity contribution < 1.29 is 4.79 Å². The van der Waals surface area contributed by atoms with Crippen LogP contribution >= 0.6 is 11.3 Å². The minimum atomic E-state index is -0.460. The lowest BCUT2D eigenvalue weighted by Crippen LogP contribution is -2.13. The van der Waals surface area contributed by atoms with Gasteiger partial charge in [0.25, 0.3) is 5.91 Å². The van der Waals surface area contributed by atoms with Crippen LogP contribution in [0.2, 0.25) is 0 Å². The van der Waals surface area contributed by atoms with E-state index in [1.165, 1.54) is 37.0 Å². The van der Waals surface area contributed by atoms with Gasteiger partial charge in [0, 0.05) is 6.42 Å². The first kappa shape index (κ1) is 19.8. The number of hydrogen-bond acceptors (Lipinski definition) is 5. The molecule has 1 heterocycles. The second-order valence-electron chi connectivity index (χ2n) is 6.20. The fourth-order valence-electron chi connectivity index (χ4n) is 2.43. The fourth-order valence-corrected chi connectivity index (χ4v) is 3.20. The zero-order chi connectivity index (χ0) is 18.8. The molecule has 2 rings (SSSR count). The maximum atomic E-state index is 12.3. The van der Waals surface area contributed by atoms with Crippen molar-refractivity contribution in [3.8, 4) is 6.07 Å². The number of nitrogens with zero attached hydrogens (tertiary/aromatic N) is 3. The summed E-state index contributed by atoms with van der Waals surface area (Å²) in [7, 11) is 0. The van der Waals surface area contributed by atoms with Gasteiger partial charge in [0.2, 0.25) is 5.13 Å². The second-order valence-corrected chi connectivity index (χ2v) is 7.26. The van der Waals surface area contributed by atoms with E-state index in [2.05, 4.69) is 22.4 Å². The molecule has 2 aromatic rings. The topological polar surface area (TPSA) is 78.7 Å². The lowest BCUT2D eigenvalue weighted by molar-refractivity contribution is -0.112. The molecule has 26 heavy (non-hydrogen) atoms. The largest absolute Gasteiger partial charge is 0.296 e. The van der Waals surface area contributed by atoms with E-state index in [9.17, 15) is 10.1 Å². The number of hydrogen-bond donors (Lipinski definition) is 1. The first-order valence-electron chi connectivity index (χ1n) is 8.94. The van der Waals surface area contributed by atoms with Crippen molar-refractivity contribution in [2.75, 3.05) is 5.32 Å². The van der Waals surface area contributed by atoms with Gasteiger partial charge in [0.1, 0.15) is 16.6 Å². The van der Waals surface area contributed by atoms with Crippen LogP contribution in [0.25, 0.3) is 6.08 Å². The van der Waals surface area contributed by atoms with Gasteiger partial charge in [-0.15, -0.1) is 10.2 Å². The summed E-state index contributed by atoms with van der Waals surface area (Å²) in [6.07, 6.45) is 8.46. The fraction of sp³-hybridized carbons (Fsp3) is 0.400. The smallest absolute Gasteiger partial charge is 0.268 e. The SMILES string of the molecule is CCCCCCCc1nnc(NC(=O)/C(C#N)=C\c2ccc(C)cc2)s1. The molecule has 0 spiro atoms. The average molecular weight is 369 g/mol. The van der Waals surface area contributed by atoms with Crippen molar-refractivity contribution in [2.24, 2.45) is 0 Å². The van der Waals surface area contributed by atoms with Gasteiger partial charge in [-0.05, 0) is 25.0 Å². The summed E-state index contributed by atoms with van der Waals surface area (Å²) in [5, 5.41) is 21.4. The van der Waals surface area contributed by atoms with Gasteiger partial charge in [-0.1, -0.05) is 73.8 Å². The molecule has 5 nitrogen and oxygen atoms in total. The maximum absolute atomic E-state index is 12.3. The molecule has 0 fully saturated rings. The predicted molar refractivity (Wildman–Crippen MR) is 106 cm³/mol. The molecule has 1 amide bonds. The number of aromatic nitrogens is 2. The van der Waals surface area contributed by atoms with E-state index >= 15 is 0 Å². The molecule has 0 saturated heterocycles. The molecule has 0 aliphatic heterocycles. The number of unbranched alkanes of at least 4 members (excludes halogenated alkanes) is 4. The normalized spacial score (nSPS) is 11.2. The van der Waals surface area contributed by atoms with Crippen LogP contribution in [0.4, 0.5) is 5.13 Å². The summed E-state index contributed by atoms with van der Waals surface area (Å²) in [6, 6.07) is 9.59. The van der Waals surface area contributed by atoms with Crippen molar-refractivity contribution in [3.05, 3.63) is 46.0 Å². The summed E-state index contributed by atoms with van der Waals surface area (Å²) in [5.74, 6) is -0.460. The van der Waals surface area contributed by atoms with Gasteiger partial charge < -0.3 is 0 Å². The molecule has 0 bridgehead atoms. The van der Waals surface area contributed by atoms with Crippen molar-refractivity contribution in [3.63, 3.8) is 0 Å². The van der Waals surface area contributed by atoms with Crippen molar-refractivity contribution in [2.45, 2.75) is 52.4 Å². The molecule has 0 aliphatic carbocycles. The molecule has 0 radical (unpaired) electrons. The van der Waals surface area contributed by atoms with Gasteiger partial charge >= 0.3 is 0 Å². The van der Waals surface area contributed by atoms with E-state index in [-0.39, 0.29) is 5.57 Å². The van der Waals surface area contributed by atoms with E-state index < -0.39 is 5.91 Å². The molecule has 0 unspecified atom stereocenters. The Bertz CT molecular complexity index is 787. The first-order valence-corrected chi connectivity index (χ1v) is 9.76. The number of amides is 1. The predicted octanol–water partition coefficient (Wildman–Crippen LogP) is 4.91. The Kier molecular flexibility index (Phi) is 7.97. The molecule has 6 heteroatoms. The third-order valence-electron chi connectivity index (χ3n) is 3.93. The number of carbonyl (C=O) groups excluding carboxylic acids is 1. The Morgan fingerprint density at radius 3 is 2.62 bits per heavy atom. The third-order valence-corrected chi connectivity index (χ3v) is 4.83. The Labute approximate surface area is 158 Å². The number of nitriles is 1. The molecule has 136 valence electrons. The lowest BCUT2D eigenvalue weighted by atomic mass is 10.1. The van der Waals surface area contributed by atoms with Crippen LogP contribution in [-0.2, 0) is 11.2 Å². The van der Waals surface area contributed by atoms with Crippen LogP contribution in [-0.4, -0.2) is 16.1 Å². The van der Waals surface area contributed by atoms with E-state index in [0.717, 1.165) is 29.0 Å². The summed E-state index contributed by atoms with van der Waals surface area (Å²) in [4.78, 5) is 12.3. The van der Waals surface area contributed by atoms with Gasteiger partial charge in [-0.3, -0.25) is 10.1 Å². The number of rotatable bonds is 9. The highest BCUT2D eigenvalue weighted by Gasteiger charge is 2.12. The Hall–Kier alpha value is -2.52. The molecule has 1 aromatic carbocycles. The minimum absolute atomic E-state index is 0.0465. The van der Waals surface area contributed by atoms with Gasteiger partial charge in [0.05, 0.1) is 0 Å². The molecule has 0 aliphatic rings. The Balaban J connectivity index is 1.91. The standard InChI is InChI=1S/C20H24N4OS/c1-3-4-5-6-7-8-18-23-24-20(26-18)22-19(25)17(14-21)13-16-11-9-15(2)10-12-16/h9-13H,3-8H2,1-2H3,(H,22,24,25)/b17-13-. The summed E-state index contributed by atoms with van der Waals surface area (Å²) >= 11 is 1.37. The highest BCUT2D eigenvalue weighted by Crippen LogP contribution is 2.19. The second kappa shape index (κ2) is 10.5. The molecule has 0 saturated carbocycles. The van der Waals surface area contributed by atoms with Crippen LogP contribution in [0, 0.1) is 18.3 Å². The number of aryl methyl sites for hydroxylation is 2. The molecule has 1 aromatic heterocycles. The van der Waals surface area contributed by atoms with Crippen LogP contribution in [0.15, 0.2) is 29.8 Å². The van der Waals surface area contributed by atoms with Crippen molar-refractivity contribution >= 4 is 28.5 Å². The molecular weight excluding hydrogens is 344 g/mol. The van der Waals surface area contributed by atoms with Gasteiger partial charge in [-0.2, -0.15) is 5.26 Å². The van der Waals surface area contributed by atoms with Crippen LogP contribution < -0.4 is 5.32 Å². The maximum Gasteiger partial charge on any atom is 0.268 e. The van der Waals surface area contributed by atoms with Crippen LogP contribution in [0.5, 0.6) is 0 Å². The third kappa shape index (κ3) is 6.41. The Morgan fingerprint density at radius 2 is 1.92 bits per heavy atom. The number of nitrogens with one attached hydrogen (secondary N) is 1. The lowest BCUT2D eigenvalue weighted by Gasteiger charge is -2.00. The number of benzene rings is 1. The first-order chi connectivity index (χ1) is 12.6. The summed E-state index contributed by atoms with van der Waals surface area (Å²) in [5.41, 5.74) is 1.98. The van der Waals surface area contributed by atoms with E-state index in [1.807, 2.05) is 37.3 Å². The monoisotopic (exact) mass is 368 g/mol.